The lowest BCUT2D eigenvalue weighted by atomic mass is 10.1. The molecule has 4 rings (SSSR count). The molecular formula is C24H20ClN3OS. The van der Waals surface area contributed by atoms with E-state index >= 15 is 0 Å². The lowest BCUT2D eigenvalue weighted by molar-refractivity contribution is -0.113. The number of anilines is 1. The molecule has 0 radical (unpaired) electrons. The Bertz CT molecular complexity index is 1160. The first kappa shape index (κ1) is 20.3. The standard InChI is InChI=1S/C24H20ClN3OS/c1-17-10-12-18(13-11-17)22-15-26-24(28(22)21-9-5-6-19(25)14-21)30-16-23(29)27-20-7-3-2-4-8-20/h2-15H,16H2,1H3,(H,27,29). The van der Waals surface area contributed by atoms with Crippen LogP contribution in [0.3, 0.4) is 0 Å². The van der Waals surface area contributed by atoms with Crippen molar-refractivity contribution in [1.29, 1.82) is 0 Å². The molecule has 30 heavy (non-hydrogen) atoms. The summed E-state index contributed by atoms with van der Waals surface area (Å²) < 4.78 is 2.04. The molecule has 4 nitrogen and oxygen atoms in total. The molecule has 1 aromatic heterocycles. The highest BCUT2D eigenvalue weighted by Crippen LogP contribution is 2.31. The highest BCUT2D eigenvalue weighted by atomic mass is 35.5. The van der Waals surface area contributed by atoms with Crippen LogP contribution in [0, 0.1) is 6.92 Å². The van der Waals surface area contributed by atoms with E-state index in [0.717, 1.165) is 27.8 Å². The number of rotatable bonds is 6. The number of nitrogens with one attached hydrogen (secondary N) is 1. The molecule has 150 valence electrons. The number of aromatic nitrogens is 2. The molecular weight excluding hydrogens is 414 g/mol. The van der Waals surface area contributed by atoms with Gasteiger partial charge in [0.05, 0.1) is 17.6 Å². The molecule has 0 bridgehead atoms. The molecule has 0 aliphatic rings. The number of carbonyl (C=O) groups is 1. The Labute approximate surface area is 184 Å². The van der Waals surface area contributed by atoms with Gasteiger partial charge in [-0.25, -0.2) is 4.98 Å². The van der Waals surface area contributed by atoms with E-state index < -0.39 is 0 Å². The van der Waals surface area contributed by atoms with Crippen molar-refractivity contribution in [2.24, 2.45) is 0 Å². The molecule has 0 unspecified atom stereocenters. The van der Waals surface area contributed by atoms with Gasteiger partial charge in [-0.05, 0) is 37.3 Å². The van der Waals surface area contributed by atoms with Crippen molar-refractivity contribution < 1.29 is 4.79 Å². The van der Waals surface area contributed by atoms with Crippen LogP contribution in [0.5, 0.6) is 0 Å². The molecule has 0 saturated carbocycles. The average Bonchev–Trinajstić information content (AvgIpc) is 3.17. The van der Waals surface area contributed by atoms with Crippen LogP contribution in [0.1, 0.15) is 5.56 Å². The number of carbonyl (C=O) groups excluding carboxylic acids is 1. The Morgan fingerprint density at radius 2 is 1.80 bits per heavy atom. The van der Waals surface area contributed by atoms with E-state index in [9.17, 15) is 4.79 Å². The largest absolute Gasteiger partial charge is 0.325 e. The summed E-state index contributed by atoms with van der Waals surface area (Å²) in [5.74, 6) is 0.170. The van der Waals surface area contributed by atoms with Gasteiger partial charge in [0.1, 0.15) is 0 Å². The Morgan fingerprint density at radius 3 is 2.53 bits per heavy atom. The van der Waals surface area contributed by atoms with Gasteiger partial charge < -0.3 is 5.32 Å². The van der Waals surface area contributed by atoms with Gasteiger partial charge >= 0.3 is 0 Å². The van der Waals surface area contributed by atoms with Crippen LogP contribution in [0.15, 0.2) is 90.2 Å². The number of para-hydroxylation sites is 1. The minimum atomic E-state index is -0.0799. The highest BCUT2D eigenvalue weighted by Gasteiger charge is 2.16. The van der Waals surface area contributed by atoms with Crippen molar-refractivity contribution >= 4 is 35.0 Å². The summed E-state index contributed by atoms with van der Waals surface area (Å²) in [5, 5.41) is 4.29. The summed E-state index contributed by atoms with van der Waals surface area (Å²) in [6, 6.07) is 25.4. The van der Waals surface area contributed by atoms with Crippen molar-refractivity contribution in [2.45, 2.75) is 12.1 Å². The zero-order valence-electron chi connectivity index (χ0n) is 16.4. The predicted octanol–water partition coefficient (Wildman–Crippen LogP) is 6.23. The van der Waals surface area contributed by atoms with Crippen molar-refractivity contribution in [3.05, 3.63) is 95.6 Å². The van der Waals surface area contributed by atoms with Crippen LogP contribution >= 0.6 is 23.4 Å². The van der Waals surface area contributed by atoms with E-state index in [1.807, 2.05) is 65.4 Å². The smallest absolute Gasteiger partial charge is 0.234 e. The Hall–Kier alpha value is -3.02. The lowest BCUT2D eigenvalue weighted by Gasteiger charge is -2.13. The second-order valence-electron chi connectivity index (χ2n) is 6.81. The van der Waals surface area contributed by atoms with Crippen molar-refractivity contribution in [3.8, 4) is 16.9 Å². The van der Waals surface area contributed by atoms with Crippen LogP contribution in [-0.2, 0) is 4.79 Å². The fourth-order valence-electron chi connectivity index (χ4n) is 3.08. The molecule has 6 heteroatoms. The summed E-state index contributed by atoms with van der Waals surface area (Å²) in [6.45, 7) is 2.06. The number of hydrogen-bond acceptors (Lipinski definition) is 3. The molecule has 0 fully saturated rings. The van der Waals surface area contributed by atoms with Crippen LogP contribution in [-0.4, -0.2) is 21.2 Å². The average molecular weight is 434 g/mol. The Morgan fingerprint density at radius 1 is 1.03 bits per heavy atom. The SMILES string of the molecule is Cc1ccc(-c2cnc(SCC(=O)Nc3ccccc3)n2-c2cccc(Cl)c2)cc1. The first-order valence-electron chi connectivity index (χ1n) is 9.48. The third-order valence-corrected chi connectivity index (χ3v) is 5.72. The fraction of sp³-hybridized carbons (Fsp3) is 0.0833. The summed E-state index contributed by atoms with van der Waals surface area (Å²) in [5.41, 5.74) is 4.87. The second-order valence-corrected chi connectivity index (χ2v) is 8.19. The highest BCUT2D eigenvalue weighted by molar-refractivity contribution is 7.99. The van der Waals surface area contributed by atoms with Crippen LogP contribution in [0.2, 0.25) is 5.02 Å². The van der Waals surface area contributed by atoms with Gasteiger partial charge in [-0.15, -0.1) is 0 Å². The minimum absolute atomic E-state index is 0.0799. The zero-order chi connectivity index (χ0) is 20.9. The predicted molar refractivity (Wildman–Crippen MR) is 125 cm³/mol. The van der Waals surface area contributed by atoms with Gasteiger partial charge in [-0.1, -0.05) is 77.5 Å². The van der Waals surface area contributed by atoms with Gasteiger partial charge in [0, 0.05) is 22.0 Å². The summed E-state index contributed by atoms with van der Waals surface area (Å²) in [6.07, 6.45) is 1.84. The molecule has 0 aliphatic heterocycles. The monoisotopic (exact) mass is 433 g/mol. The van der Waals surface area contributed by atoms with E-state index in [-0.39, 0.29) is 11.7 Å². The first-order chi connectivity index (χ1) is 14.6. The van der Waals surface area contributed by atoms with Gasteiger partial charge in [0.2, 0.25) is 5.91 Å². The molecule has 1 N–H and O–H groups in total. The van der Waals surface area contributed by atoms with Crippen LogP contribution in [0.4, 0.5) is 5.69 Å². The van der Waals surface area contributed by atoms with Crippen molar-refractivity contribution in [3.63, 3.8) is 0 Å². The maximum atomic E-state index is 12.4. The number of nitrogens with zero attached hydrogens (tertiary/aromatic N) is 2. The lowest BCUT2D eigenvalue weighted by Crippen LogP contribution is -2.14. The first-order valence-corrected chi connectivity index (χ1v) is 10.8. The van der Waals surface area contributed by atoms with E-state index in [1.165, 1.54) is 17.3 Å². The topological polar surface area (TPSA) is 46.9 Å². The summed E-state index contributed by atoms with van der Waals surface area (Å²) in [7, 11) is 0. The maximum absolute atomic E-state index is 12.4. The number of benzene rings is 3. The Balaban J connectivity index is 1.62. The van der Waals surface area contributed by atoms with Gasteiger partial charge in [0.15, 0.2) is 5.16 Å². The molecule has 4 aromatic rings. The second kappa shape index (κ2) is 9.20. The van der Waals surface area contributed by atoms with E-state index in [4.69, 9.17) is 11.6 Å². The number of hydrogen-bond donors (Lipinski definition) is 1. The van der Waals surface area contributed by atoms with Gasteiger partial charge in [-0.2, -0.15) is 0 Å². The molecule has 0 saturated heterocycles. The van der Waals surface area contributed by atoms with E-state index in [0.29, 0.717) is 5.02 Å². The quantitative estimate of drug-likeness (QED) is 0.366. The van der Waals surface area contributed by atoms with Crippen LogP contribution in [0.25, 0.3) is 16.9 Å². The Kier molecular flexibility index (Phi) is 6.21. The number of imidazole rings is 1. The third kappa shape index (κ3) is 4.75. The fourth-order valence-corrected chi connectivity index (χ4v) is 4.06. The normalized spacial score (nSPS) is 10.7. The number of aryl methyl sites for hydroxylation is 1. The van der Waals surface area contributed by atoms with Gasteiger partial charge in [-0.3, -0.25) is 9.36 Å². The van der Waals surface area contributed by atoms with Crippen LogP contribution < -0.4 is 5.32 Å². The van der Waals surface area contributed by atoms with Gasteiger partial charge in [0.25, 0.3) is 0 Å². The minimum Gasteiger partial charge on any atom is -0.325 e. The molecule has 3 aromatic carbocycles. The third-order valence-electron chi connectivity index (χ3n) is 4.53. The molecule has 0 atom stereocenters. The molecule has 0 aliphatic carbocycles. The summed E-state index contributed by atoms with van der Waals surface area (Å²) in [4.78, 5) is 17.0. The number of thioether (sulfide) groups is 1. The van der Waals surface area contributed by atoms with Crippen molar-refractivity contribution in [1.82, 2.24) is 9.55 Å². The maximum Gasteiger partial charge on any atom is 0.234 e. The molecule has 1 heterocycles. The zero-order valence-corrected chi connectivity index (χ0v) is 18.0. The van der Waals surface area contributed by atoms with E-state index in [2.05, 4.69) is 41.5 Å². The van der Waals surface area contributed by atoms with E-state index in [1.54, 1.807) is 0 Å². The van der Waals surface area contributed by atoms with Crippen molar-refractivity contribution in [2.75, 3.05) is 11.1 Å². The molecule has 0 spiro atoms. The summed E-state index contributed by atoms with van der Waals surface area (Å²) >= 11 is 7.64. The number of amides is 1. The molecule has 1 amide bonds. The number of halogens is 1.